The normalized spacial score (nSPS) is 14.4. The summed E-state index contributed by atoms with van der Waals surface area (Å²) in [5.74, 6) is -1.55. The number of ether oxygens (including phenoxy) is 1. The van der Waals surface area contributed by atoms with Gasteiger partial charge in [0.2, 0.25) is 0 Å². The van der Waals surface area contributed by atoms with Crippen LogP contribution in [0.4, 0.5) is 13.2 Å². The number of alkyl halides is 3. The molecule has 0 aliphatic heterocycles. The molecule has 2 aromatic heterocycles. The summed E-state index contributed by atoms with van der Waals surface area (Å²) in [6, 6.07) is 2.54. The third kappa shape index (κ3) is 4.78. The van der Waals surface area contributed by atoms with Crippen LogP contribution in [0.5, 0.6) is 0 Å². The van der Waals surface area contributed by atoms with Gasteiger partial charge in [0, 0.05) is 26.3 Å². The van der Waals surface area contributed by atoms with Crippen LogP contribution in [-0.4, -0.2) is 35.6 Å². The molecule has 0 amide bonds. The number of aromatic nitrogens is 3. The average molecular weight is 345 g/mol. The van der Waals surface area contributed by atoms with Gasteiger partial charge in [-0.3, -0.25) is 0 Å². The van der Waals surface area contributed by atoms with Crippen molar-refractivity contribution in [3.05, 3.63) is 24.0 Å². The largest absolute Gasteiger partial charge is 0.395 e. The van der Waals surface area contributed by atoms with E-state index in [1.165, 1.54) is 18.5 Å². The number of fused-ring (bicyclic) bond motifs is 1. The monoisotopic (exact) mass is 345 g/mol. The van der Waals surface area contributed by atoms with E-state index in [1.807, 2.05) is 0 Å². The van der Waals surface area contributed by atoms with E-state index in [1.54, 1.807) is 4.68 Å². The molecule has 0 saturated heterocycles. The van der Waals surface area contributed by atoms with E-state index >= 15 is 0 Å². The Balaban J connectivity index is 2.07. The van der Waals surface area contributed by atoms with Crippen molar-refractivity contribution in [3.63, 3.8) is 0 Å². The Morgan fingerprint density at radius 3 is 2.57 bits per heavy atom. The van der Waals surface area contributed by atoms with Gasteiger partial charge in [-0.2, -0.15) is 18.3 Å². The second-order valence-corrected chi connectivity index (χ2v) is 12.6. The average Bonchev–Trinajstić information content (AvgIpc) is 2.83. The van der Waals surface area contributed by atoms with Crippen molar-refractivity contribution in [2.24, 2.45) is 0 Å². The molecule has 0 spiro atoms. The van der Waals surface area contributed by atoms with Crippen molar-refractivity contribution in [1.29, 1.82) is 0 Å². The second kappa shape index (κ2) is 6.60. The molecule has 0 aliphatic rings. The molecule has 8 heteroatoms. The van der Waals surface area contributed by atoms with Gasteiger partial charge in [0.25, 0.3) is 0 Å². The van der Waals surface area contributed by atoms with E-state index in [2.05, 4.69) is 29.7 Å². The van der Waals surface area contributed by atoms with Crippen LogP contribution in [0, 0.1) is 0 Å². The molecule has 23 heavy (non-hydrogen) atoms. The van der Waals surface area contributed by atoms with Crippen molar-refractivity contribution < 1.29 is 17.9 Å². The van der Waals surface area contributed by atoms with Crippen LogP contribution in [0.15, 0.2) is 18.5 Å². The first kappa shape index (κ1) is 17.9. The zero-order valence-electron chi connectivity index (χ0n) is 13.8. The predicted octanol–water partition coefficient (Wildman–Crippen LogP) is 4.41. The number of halogens is 3. The number of nitrogens with zero attached hydrogens (tertiary/aromatic N) is 3. The summed E-state index contributed by atoms with van der Waals surface area (Å²) >= 11 is 0. The summed E-state index contributed by atoms with van der Waals surface area (Å²) in [6.07, 6.45) is -1.48. The minimum Gasteiger partial charge on any atom is -0.359 e. The lowest BCUT2D eigenvalue weighted by atomic mass is 10.0. The minimum atomic E-state index is -4.27. The van der Waals surface area contributed by atoms with Crippen molar-refractivity contribution in [2.45, 2.75) is 51.4 Å². The fraction of sp³-hybridized carbons (Fsp3) is 0.600. The van der Waals surface area contributed by atoms with E-state index in [-0.39, 0.29) is 12.3 Å². The fourth-order valence-electron chi connectivity index (χ4n) is 2.04. The molecular formula is C15H22F3N3OSi. The Labute approximate surface area is 134 Å². The van der Waals surface area contributed by atoms with Crippen LogP contribution >= 0.6 is 0 Å². The van der Waals surface area contributed by atoms with Gasteiger partial charge in [-0.05, 0) is 24.6 Å². The van der Waals surface area contributed by atoms with E-state index in [0.717, 1.165) is 13.0 Å². The Morgan fingerprint density at radius 2 is 1.96 bits per heavy atom. The highest BCUT2D eigenvalue weighted by atomic mass is 28.3. The van der Waals surface area contributed by atoms with Gasteiger partial charge in [-0.15, -0.1) is 0 Å². The number of pyridine rings is 1. The highest BCUT2D eigenvalue weighted by Crippen LogP contribution is 2.34. The Hall–Kier alpha value is -1.41. The van der Waals surface area contributed by atoms with Gasteiger partial charge >= 0.3 is 6.18 Å². The lowest BCUT2D eigenvalue weighted by Gasteiger charge is -2.16. The van der Waals surface area contributed by atoms with Crippen LogP contribution < -0.4 is 0 Å². The zero-order valence-corrected chi connectivity index (χ0v) is 14.8. The molecule has 0 aromatic carbocycles. The lowest BCUT2D eigenvalue weighted by Crippen LogP contribution is -2.22. The predicted molar refractivity (Wildman–Crippen MR) is 86.1 cm³/mol. The molecule has 0 radical (unpaired) electrons. The van der Waals surface area contributed by atoms with Gasteiger partial charge in [0.05, 0.1) is 12.1 Å². The maximum Gasteiger partial charge on any atom is 0.395 e. The molecule has 0 saturated carbocycles. The Kier molecular flexibility index (Phi) is 5.15. The topological polar surface area (TPSA) is 39.9 Å². The smallest absolute Gasteiger partial charge is 0.359 e. The van der Waals surface area contributed by atoms with E-state index in [0.29, 0.717) is 17.6 Å². The van der Waals surface area contributed by atoms with Crippen molar-refractivity contribution in [2.75, 3.05) is 6.61 Å². The van der Waals surface area contributed by atoms with Gasteiger partial charge in [-0.1, -0.05) is 19.6 Å². The van der Waals surface area contributed by atoms with Crippen LogP contribution in [0.25, 0.3) is 11.0 Å². The van der Waals surface area contributed by atoms with Crippen LogP contribution in [0.3, 0.4) is 0 Å². The van der Waals surface area contributed by atoms with Crippen LogP contribution in [0.2, 0.25) is 25.7 Å². The maximum absolute atomic E-state index is 12.8. The van der Waals surface area contributed by atoms with Crippen LogP contribution in [0.1, 0.15) is 18.4 Å². The first-order valence-corrected chi connectivity index (χ1v) is 11.2. The molecule has 2 heterocycles. The quantitative estimate of drug-likeness (QED) is 0.575. The molecule has 2 rings (SSSR count). The van der Waals surface area contributed by atoms with Gasteiger partial charge < -0.3 is 4.74 Å². The maximum atomic E-state index is 12.8. The van der Waals surface area contributed by atoms with E-state index < -0.39 is 20.2 Å². The molecule has 128 valence electrons. The van der Waals surface area contributed by atoms with Crippen molar-refractivity contribution in [3.8, 4) is 0 Å². The number of rotatable bonds is 6. The molecule has 0 fully saturated rings. The highest BCUT2D eigenvalue weighted by Gasteiger charge is 2.37. The van der Waals surface area contributed by atoms with Crippen molar-refractivity contribution in [1.82, 2.24) is 14.8 Å². The molecule has 2 aromatic rings. The van der Waals surface area contributed by atoms with Gasteiger partial charge in [0.1, 0.15) is 6.73 Å². The molecule has 1 atom stereocenters. The molecule has 4 nitrogen and oxygen atoms in total. The van der Waals surface area contributed by atoms with E-state index in [4.69, 9.17) is 4.74 Å². The molecule has 0 bridgehead atoms. The zero-order chi connectivity index (χ0) is 17.3. The summed E-state index contributed by atoms with van der Waals surface area (Å²) < 4.78 is 45.5. The summed E-state index contributed by atoms with van der Waals surface area (Å²) in [4.78, 5) is 4.13. The minimum absolute atomic E-state index is 0.143. The summed E-state index contributed by atoms with van der Waals surface area (Å²) in [7, 11) is -1.15. The standard InChI is InChI=1S/C15H22F3N3OSi/c1-11(15(16,17)18)12-7-13-9-20-21(14(13)19-8-12)10-22-5-6-23(2,3)4/h7-9,11H,5-6,10H2,1-4H3. The van der Waals surface area contributed by atoms with Crippen LogP contribution in [-0.2, 0) is 11.5 Å². The molecular weight excluding hydrogens is 323 g/mol. The van der Waals surface area contributed by atoms with Crippen molar-refractivity contribution >= 4 is 19.1 Å². The molecule has 0 N–H and O–H groups in total. The summed E-state index contributed by atoms with van der Waals surface area (Å²) in [5, 5.41) is 4.74. The highest BCUT2D eigenvalue weighted by molar-refractivity contribution is 6.76. The fourth-order valence-corrected chi connectivity index (χ4v) is 2.80. The lowest BCUT2D eigenvalue weighted by molar-refractivity contribution is -0.146. The first-order chi connectivity index (χ1) is 10.6. The van der Waals surface area contributed by atoms with E-state index in [9.17, 15) is 13.2 Å². The Bertz CT molecular complexity index is 664. The summed E-state index contributed by atoms with van der Waals surface area (Å²) in [6.45, 7) is 8.85. The first-order valence-electron chi connectivity index (χ1n) is 7.54. The SMILES string of the molecule is CC(c1cnc2c(cnn2COCC[Si](C)(C)C)c1)C(F)(F)F. The number of hydrogen-bond donors (Lipinski definition) is 0. The molecule has 1 unspecified atom stereocenters. The summed E-state index contributed by atoms with van der Waals surface area (Å²) in [5.41, 5.74) is 0.681. The van der Waals surface area contributed by atoms with Gasteiger partial charge in [-0.25, -0.2) is 9.67 Å². The Morgan fingerprint density at radius 1 is 1.26 bits per heavy atom. The number of hydrogen-bond acceptors (Lipinski definition) is 3. The third-order valence-electron chi connectivity index (χ3n) is 3.70. The molecule has 0 aliphatic carbocycles. The van der Waals surface area contributed by atoms with Gasteiger partial charge in [0.15, 0.2) is 5.65 Å². The third-order valence-corrected chi connectivity index (χ3v) is 5.40. The second-order valence-electron chi connectivity index (χ2n) is 6.94.